The number of rotatable bonds is 3. The molecule has 2 rings (SSSR count). The van der Waals surface area contributed by atoms with Crippen LogP contribution in [0.4, 0.5) is 11.5 Å². The number of nitrogens with one attached hydrogen (secondary N) is 1. The minimum Gasteiger partial charge on any atom is -0.396 e. The van der Waals surface area contributed by atoms with Crippen LogP contribution in [0.15, 0.2) is 24.4 Å². The number of hydrogen-bond acceptors (Lipinski definition) is 3. The Labute approximate surface area is 109 Å². The van der Waals surface area contributed by atoms with Gasteiger partial charge in [-0.05, 0) is 17.7 Å². The summed E-state index contributed by atoms with van der Waals surface area (Å²) in [6.07, 6.45) is 1.73. The largest absolute Gasteiger partial charge is 0.396 e. The summed E-state index contributed by atoms with van der Waals surface area (Å²) in [6.45, 7) is 0.610. The maximum Gasteiger partial charge on any atom is 0.124 e. The SMILES string of the molecule is Cn1nccc1NCc1cc(Cl)c(N)c(Cl)c1. The van der Waals surface area contributed by atoms with E-state index >= 15 is 0 Å². The Morgan fingerprint density at radius 3 is 2.53 bits per heavy atom. The summed E-state index contributed by atoms with van der Waals surface area (Å²) in [7, 11) is 1.87. The molecule has 6 heteroatoms. The van der Waals surface area contributed by atoms with Gasteiger partial charge in [0, 0.05) is 19.7 Å². The van der Waals surface area contributed by atoms with Gasteiger partial charge in [-0.2, -0.15) is 5.10 Å². The fraction of sp³-hybridized carbons (Fsp3) is 0.182. The molecule has 0 bridgehead atoms. The molecule has 0 amide bonds. The molecule has 0 atom stereocenters. The van der Waals surface area contributed by atoms with E-state index in [0.29, 0.717) is 22.3 Å². The number of nitrogens with zero attached hydrogens (tertiary/aromatic N) is 2. The Morgan fingerprint density at radius 2 is 2.00 bits per heavy atom. The number of aryl methyl sites for hydroxylation is 1. The van der Waals surface area contributed by atoms with E-state index in [1.807, 2.05) is 13.1 Å². The highest BCUT2D eigenvalue weighted by Crippen LogP contribution is 2.29. The van der Waals surface area contributed by atoms with Gasteiger partial charge in [-0.25, -0.2) is 0 Å². The lowest BCUT2D eigenvalue weighted by atomic mass is 10.2. The third-order valence-electron chi connectivity index (χ3n) is 2.43. The number of aromatic nitrogens is 2. The average molecular weight is 271 g/mol. The summed E-state index contributed by atoms with van der Waals surface area (Å²) in [5.41, 5.74) is 7.05. The van der Waals surface area contributed by atoms with Gasteiger partial charge in [0.25, 0.3) is 0 Å². The van der Waals surface area contributed by atoms with Gasteiger partial charge in [-0.3, -0.25) is 4.68 Å². The smallest absolute Gasteiger partial charge is 0.124 e. The first-order valence-electron chi connectivity index (χ1n) is 5.03. The molecule has 0 saturated carbocycles. The Bertz CT molecular complexity index is 513. The van der Waals surface area contributed by atoms with Crippen molar-refractivity contribution in [3.63, 3.8) is 0 Å². The Balaban J connectivity index is 2.12. The normalized spacial score (nSPS) is 10.5. The van der Waals surface area contributed by atoms with Crippen molar-refractivity contribution < 1.29 is 0 Å². The number of hydrogen-bond donors (Lipinski definition) is 2. The van der Waals surface area contributed by atoms with E-state index in [1.165, 1.54) is 0 Å². The van der Waals surface area contributed by atoms with Crippen molar-refractivity contribution in [1.82, 2.24) is 9.78 Å². The topological polar surface area (TPSA) is 55.9 Å². The number of nitrogens with two attached hydrogens (primary N) is 1. The van der Waals surface area contributed by atoms with Crippen LogP contribution in [-0.4, -0.2) is 9.78 Å². The Morgan fingerprint density at radius 1 is 1.35 bits per heavy atom. The van der Waals surface area contributed by atoms with Crippen LogP contribution in [0.1, 0.15) is 5.56 Å². The van der Waals surface area contributed by atoms with Gasteiger partial charge in [0.15, 0.2) is 0 Å². The second-order valence-electron chi connectivity index (χ2n) is 3.67. The molecule has 0 fully saturated rings. The van der Waals surface area contributed by atoms with E-state index in [1.54, 1.807) is 23.0 Å². The maximum absolute atomic E-state index is 5.96. The summed E-state index contributed by atoms with van der Waals surface area (Å²) in [5.74, 6) is 0.925. The molecule has 0 unspecified atom stereocenters. The van der Waals surface area contributed by atoms with Crippen LogP contribution in [0.25, 0.3) is 0 Å². The first-order chi connectivity index (χ1) is 8.08. The van der Waals surface area contributed by atoms with Crippen LogP contribution >= 0.6 is 23.2 Å². The first kappa shape index (κ1) is 12.1. The summed E-state index contributed by atoms with van der Waals surface area (Å²) in [5, 5.41) is 8.23. The molecule has 2 aromatic rings. The molecular formula is C11H12Cl2N4. The summed E-state index contributed by atoms with van der Waals surface area (Å²) < 4.78 is 1.75. The molecule has 0 radical (unpaired) electrons. The van der Waals surface area contributed by atoms with E-state index in [9.17, 15) is 0 Å². The highest BCUT2D eigenvalue weighted by Gasteiger charge is 2.05. The Kier molecular flexibility index (Phi) is 3.45. The van der Waals surface area contributed by atoms with E-state index in [-0.39, 0.29) is 0 Å². The van der Waals surface area contributed by atoms with Crippen molar-refractivity contribution in [1.29, 1.82) is 0 Å². The summed E-state index contributed by atoms with van der Waals surface area (Å²) in [4.78, 5) is 0. The molecule has 0 aliphatic carbocycles. The summed E-state index contributed by atoms with van der Waals surface area (Å²) >= 11 is 11.9. The highest BCUT2D eigenvalue weighted by molar-refractivity contribution is 6.38. The number of nitrogen functional groups attached to an aromatic ring is 1. The van der Waals surface area contributed by atoms with Crippen LogP contribution in [0.5, 0.6) is 0 Å². The first-order valence-corrected chi connectivity index (χ1v) is 5.79. The molecule has 3 N–H and O–H groups in total. The van der Waals surface area contributed by atoms with Crippen molar-refractivity contribution in [2.24, 2.45) is 7.05 Å². The molecule has 0 spiro atoms. The van der Waals surface area contributed by atoms with Crippen molar-refractivity contribution in [3.8, 4) is 0 Å². The minimum atomic E-state index is 0.414. The lowest BCUT2D eigenvalue weighted by molar-refractivity contribution is 0.769. The van der Waals surface area contributed by atoms with Crippen LogP contribution in [0.3, 0.4) is 0 Å². The molecule has 90 valence electrons. The van der Waals surface area contributed by atoms with E-state index < -0.39 is 0 Å². The maximum atomic E-state index is 5.96. The number of anilines is 2. The van der Waals surface area contributed by atoms with Gasteiger partial charge in [0.2, 0.25) is 0 Å². The molecule has 1 aromatic heterocycles. The predicted octanol–water partition coefficient (Wildman–Crippen LogP) is 2.92. The van der Waals surface area contributed by atoms with Crippen LogP contribution in [0.2, 0.25) is 10.0 Å². The van der Waals surface area contributed by atoms with Gasteiger partial charge in [0.1, 0.15) is 5.82 Å². The Hall–Kier alpha value is -1.39. The summed E-state index contributed by atoms with van der Waals surface area (Å²) in [6, 6.07) is 5.48. The van der Waals surface area contributed by atoms with Gasteiger partial charge < -0.3 is 11.1 Å². The number of benzene rings is 1. The molecule has 0 saturated heterocycles. The second-order valence-corrected chi connectivity index (χ2v) is 4.48. The fourth-order valence-electron chi connectivity index (χ4n) is 1.48. The quantitative estimate of drug-likeness (QED) is 0.844. The fourth-order valence-corrected chi connectivity index (χ4v) is 2.01. The monoisotopic (exact) mass is 270 g/mol. The van der Waals surface area contributed by atoms with E-state index in [2.05, 4.69) is 10.4 Å². The van der Waals surface area contributed by atoms with E-state index in [0.717, 1.165) is 11.4 Å². The molecule has 17 heavy (non-hydrogen) atoms. The molecular weight excluding hydrogens is 259 g/mol. The highest BCUT2D eigenvalue weighted by atomic mass is 35.5. The third kappa shape index (κ3) is 2.65. The van der Waals surface area contributed by atoms with Gasteiger partial charge in [-0.1, -0.05) is 23.2 Å². The zero-order valence-corrected chi connectivity index (χ0v) is 10.8. The molecule has 4 nitrogen and oxygen atoms in total. The van der Waals surface area contributed by atoms with Crippen molar-refractivity contribution in [2.75, 3.05) is 11.1 Å². The van der Waals surface area contributed by atoms with Crippen molar-refractivity contribution >= 4 is 34.7 Å². The number of halogens is 2. The van der Waals surface area contributed by atoms with Crippen LogP contribution in [-0.2, 0) is 13.6 Å². The van der Waals surface area contributed by atoms with Crippen LogP contribution < -0.4 is 11.1 Å². The second kappa shape index (κ2) is 4.85. The standard InChI is InChI=1S/C11H12Cl2N4/c1-17-10(2-3-16-17)15-6-7-4-8(12)11(14)9(13)5-7/h2-5,15H,6,14H2,1H3. The predicted molar refractivity (Wildman–Crippen MR) is 71.4 cm³/mol. The van der Waals surface area contributed by atoms with Crippen molar-refractivity contribution in [3.05, 3.63) is 40.0 Å². The molecule has 1 heterocycles. The lowest BCUT2D eigenvalue weighted by Gasteiger charge is -2.09. The van der Waals surface area contributed by atoms with Crippen LogP contribution in [0, 0.1) is 0 Å². The molecule has 1 aromatic carbocycles. The lowest BCUT2D eigenvalue weighted by Crippen LogP contribution is -2.05. The molecule has 0 aliphatic rings. The average Bonchev–Trinajstić information content (AvgIpc) is 2.69. The minimum absolute atomic E-state index is 0.414. The van der Waals surface area contributed by atoms with Gasteiger partial charge in [-0.15, -0.1) is 0 Å². The van der Waals surface area contributed by atoms with Gasteiger partial charge in [0.05, 0.1) is 21.9 Å². The zero-order valence-electron chi connectivity index (χ0n) is 9.24. The van der Waals surface area contributed by atoms with Gasteiger partial charge >= 0.3 is 0 Å². The van der Waals surface area contributed by atoms with Crippen molar-refractivity contribution in [2.45, 2.75) is 6.54 Å². The zero-order chi connectivity index (χ0) is 12.4. The molecule has 0 aliphatic heterocycles. The third-order valence-corrected chi connectivity index (χ3v) is 3.06. The van der Waals surface area contributed by atoms with E-state index in [4.69, 9.17) is 28.9 Å².